The predicted octanol–water partition coefficient (Wildman–Crippen LogP) is 8.98. The summed E-state index contributed by atoms with van der Waals surface area (Å²) >= 11 is 0. The first-order valence-electron chi connectivity index (χ1n) is 19.0. The van der Waals surface area contributed by atoms with Crippen LogP contribution in [0.2, 0.25) is 0 Å². The molecule has 8 aromatic carbocycles. The molecule has 8 rings (SSSR count). The third kappa shape index (κ3) is 14.3. The maximum Gasteiger partial charge on any atom is 2.00 e. The van der Waals surface area contributed by atoms with Crippen LogP contribution in [0.3, 0.4) is 0 Å². The summed E-state index contributed by atoms with van der Waals surface area (Å²) in [5.74, 6) is 0. The second kappa shape index (κ2) is 24.6. The van der Waals surface area contributed by atoms with E-state index in [2.05, 4.69) is 194 Å². The van der Waals surface area contributed by atoms with Crippen molar-refractivity contribution < 1.29 is 78.2 Å². The molecular weight excluding hydrogens is 1050 g/mol. The topological polar surface area (TPSA) is 170 Å². The van der Waals surface area contributed by atoms with Crippen LogP contribution in [-0.4, -0.2) is 42.4 Å². The summed E-state index contributed by atoms with van der Waals surface area (Å²) in [7, 11) is -13.9. The van der Waals surface area contributed by atoms with Crippen LogP contribution in [0.4, 0.5) is 26.3 Å². The number of hydrogen-bond acceptors (Lipinski definition) is 7. The van der Waals surface area contributed by atoms with E-state index in [-0.39, 0.29) is 25.9 Å². The van der Waals surface area contributed by atoms with Gasteiger partial charge in [0.05, 0.1) is 6.07 Å². The van der Waals surface area contributed by atoms with Gasteiger partial charge in [-0.1, -0.05) is 194 Å². The van der Waals surface area contributed by atoms with Crippen LogP contribution in [0, 0.1) is 11.3 Å². The zero-order valence-electron chi connectivity index (χ0n) is 34.7. The minimum atomic E-state index is -6.09. The molecule has 0 aliphatic heterocycles. The molecule has 0 aromatic heterocycles. The van der Waals surface area contributed by atoms with E-state index in [0.717, 1.165) is 0 Å². The van der Waals surface area contributed by atoms with E-state index in [1.807, 2.05) is 0 Å². The fourth-order valence-corrected chi connectivity index (χ4v) is 11.5. The van der Waals surface area contributed by atoms with Gasteiger partial charge in [-0.25, -0.2) is 16.8 Å². The third-order valence-corrected chi connectivity index (χ3v) is 15.3. The molecule has 0 radical (unpaired) electrons. The Morgan fingerprint density at radius 3 is 0.866 bits per heavy atom. The molecule has 67 heavy (non-hydrogen) atoms. The van der Waals surface area contributed by atoms with Crippen LogP contribution in [0.15, 0.2) is 194 Å². The van der Waals surface area contributed by atoms with Crippen LogP contribution >= 0.6 is 15.8 Å². The molecule has 2 N–H and O–H groups in total. The van der Waals surface area contributed by atoms with Crippen molar-refractivity contribution in [3.63, 3.8) is 0 Å². The Balaban J connectivity index is 0.000000482. The number of alkyl halides is 6. The normalized spacial score (nSPS) is 11.3. The monoisotopic (exact) mass is 1090 g/mol. The molecule has 0 heterocycles. The van der Waals surface area contributed by atoms with E-state index in [1.54, 1.807) is 6.07 Å². The number of nitriles is 1. The van der Waals surface area contributed by atoms with Gasteiger partial charge in [-0.2, -0.15) is 31.6 Å². The Bertz CT molecular complexity index is 2830. The molecule has 8 nitrogen and oxygen atoms in total. The van der Waals surface area contributed by atoms with Crippen molar-refractivity contribution >= 4 is 89.5 Å². The third-order valence-electron chi connectivity index (χ3n) is 9.17. The summed E-state index contributed by atoms with van der Waals surface area (Å²) in [5.41, 5.74) is -8.59. The van der Waals surface area contributed by atoms with E-state index < -0.39 is 47.1 Å². The van der Waals surface area contributed by atoms with Gasteiger partial charge in [0.1, 0.15) is 0 Å². The van der Waals surface area contributed by atoms with Crippen LogP contribution in [0.1, 0.15) is 6.92 Å². The Hall–Kier alpha value is -5.35. The zero-order valence-corrected chi connectivity index (χ0v) is 39.6. The van der Waals surface area contributed by atoms with Crippen LogP contribution in [-0.2, 0) is 40.7 Å². The fourth-order valence-electron chi connectivity index (χ4n) is 6.58. The molecule has 19 heteroatoms. The molecular formula is C48H37F6NO7P2PdS2. The van der Waals surface area contributed by atoms with Gasteiger partial charge in [-0.15, -0.1) is 0 Å². The van der Waals surface area contributed by atoms with Gasteiger partial charge in [0.25, 0.3) is 0 Å². The van der Waals surface area contributed by atoms with Gasteiger partial charge in [-0.3, -0.25) is 0 Å². The van der Waals surface area contributed by atoms with E-state index in [9.17, 15) is 26.3 Å². The molecule has 0 saturated heterocycles. The maximum atomic E-state index is 10.7. The summed E-state index contributed by atoms with van der Waals surface area (Å²) < 4.78 is 118. The average Bonchev–Trinajstić information content (AvgIpc) is 3.27. The van der Waals surface area contributed by atoms with E-state index in [1.165, 1.54) is 71.4 Å². The fraction of sp³-hybridized carbons (Fsp3) is 0.0625. The number of hydrogen-bond donors (Lipinski definition) is 0. The van der Waals surface area contributed by atoms with Crippen molar-refractivity contribution in [2.24, 2.45) is 0 Å². The Morgan fingerprint density at radius 1 is 0.433 bits per heavy atom. The molecule has 8 aromatic rings. The van der Waals surface area contributed by atoms with Crippen LogP contribution in [0.25, 0.3) is 32.7 Å². The molecule has 0 aliphatic rings. The number of benzene rings is 8. The predicted molar refractivity (Wildman–Crippen MR) is 251 cm³/mol. The maximum absolute atomic E-state index is 10.7. The van der Waals surface area contributed by atoms with E-state index in [0.29, 0.717) is 0 Å². The number of halogens is 6. The van der Waals surface area contributed by atoms with Gasteiger partial charge in [-0.05, 0) is 80.3 Å². The smallest absolute Gasteiger partial charge is 0.741 e. The number of nitrogens with zero attached hydrogens (tertiary/aromatic N) is 1. The zero-order chi connectivity index (χ0) is 47.4. The molecule has 0 fully saturated rings. The quantitative estimate of drug-likeness (QED) is 0.0504. The van der Waals surface area contributed by atoms with Crippen LogP contribution in [0.5, 0.6) is 0 Å². The van der Waals surface area contributed by atoms with Gasteiger partial charge in [0.2, 0.25) is 0 Å². The number of fused-ring (bicyclic) bond motifs is 2. The molecule has 350 valence electrons. The van der Waals surface area contributed by atoms with Crippen molar-refractivity contribution in [2.45, 2.75) is 17.9 Å². The molecule has 0 bridgehead atoms. The molecule has 0 amide bonds. The first kappa shape index (κ1) is 56.0. The SMILES string of the molecule is CC#N.O.O=S(=O)([O-])C(F)(F)F.O=S(=O)([O-])C(F)(F)F.[Pd+2].c1ccc(P(c2ccccc2)c2ccc3ccccc3c2-c2c(P(c3ccccc3)c3ccccc3)ccc3ccccc23)cc1. The van der Waals surface area contributed by atoms with Gasteiger partial charge in [0, 0.05) is 6.92 Å². The molecule has 0 aliphatic carbocycles. The van der Waals surface area contributed by atoms with Gasteiger partial charge in [0.15, 0.2) is 20.2 Å². The standard InChI is InChI=1S/C44H32P2.C2H3N.2CHF3O3S.H2O.Pd/c1-5-19-35(20-6-1)45(36-21-7-2-8-22-36)41-31-29-33-17-13-15-27-39(33)43(41)44-40-28-16-14-18-34(40)30-32-42(44)46(37-23-9-3-10-24-37)38-25-11-4-12-26-38;1-2-3;2*2-1(3,4)8(5,6)7;;/h1-32H;1H3;2*(H,5,6,7);1H2;/q;;;;;+2/p-2. The van der Waals surface area contributed by atoms with Crippen molar-refractivity contribution in [3.8, 4) is 17.2 Å². The Kier molecular flexibility index (Phi) is 20.6. The van der Waals surface area contributed by atoms with Crippen molar-refractivity contribution in [1.29, 1.82) is 5.26 Å². The second-order valence-electron chi connectivity index (χ2n) is 13.4. The Labute approximate surface area is 399 Å². The number of rotatable bonds is 7. The van der Waals surface area contributed by atoms with Gasteiger partial charge >= 0.3 is 31.4 Å². The Morgan fingerprint density at radius 2 is 0.642 bits per heavy atom. The minimum Gasteiger partial charge on any atom is -0.741 e. The molecule has 0 saturated carbocycles. The first-order chi connectivity index (χ1) is 30.8. The average molecular weight is 1090 g/mol. The molecule has 0 spiro atoms. The van der Waals surface area contributed by atoms with Crippen LogP contribution < -0.4 is 31.8 Å². The minimum absolute atomic E-state index is 0. The molecule has 0 atom stereocenters. The summed E-state index contributed by atoms with van der Waals surface area (Å²) in [4.78, 5) is 0. The van der Waals surface area contributed by atoms with Crippen molar-refractivity contribution in [1.82, 2.24) is 0 Å². The molecule has 0 unspecified atom stereocenters. The summed E-state index contributed by atoms with van der Waals surface area (Å²) in [5, 5.41) is 20.7. The van der Waals surface area contributed by atoms with Crippen molar-refractivity contribution in [3.05, 3.63) is 194 Å². The second-order valence-corrected chi connectivity index (χ2v) is 20.5. The summed E-state index contributed by atoms with van der Waals surface area (Å²) in [6.07, 6.45) is 0. The summed E-state index contributed by atoms with van der Waals surface area (Å²) in [6, 6.07) is 73.6. The summed E-state index contributed by atoms with van der Waals surface area (Å²) in [6.45, 7) is 1.43. The van der Waals surface area contributed by atoms with E-state index in [4.69, 9.17) is 31.2 Å². The van der Waals surface area contributed by atoms with Crippen molar-refractivity contribution in [2.75, 3.05) is 0 Å². The first-order valence-corrected chi connectivity index (χ1v) is 24.5. The van der Waals surface area contributed by atoms with E-state index >= 15 is 0 Å². The van der Waals surface area contributed by atoms with Gasteiger partial charge < -0.3 is 14.6 Å². The largest absolute Gasteiger partial charge is 2.00 e.